The second kappa shape index (κ2) is 5.36. The van der Waals surface area contributed by atoms with Crippen molar-refractivity contribution in [3.05, 3.63) is 65.3 Å². The highest BCUT2D eigenvalue weighted by molar-refractivity contribution is 7.94. The first kappa shape index (κ1) is 13.5. The first-order valence-corrected chi connectivity index (χ1v) is 7.46. The molecule has 2 rings (SSSR count). The topological polar surface area (TPSA) is 47.0 Å². The molecule has 1 aromatic heterocycles. The van der Waals surface area contributed by atoms with Crippen LogP contribution in [0.3, 0.4) is 0 Å². The monoisotopic (exact) mass is 273 g/mol. The van der Waals surface area contributed by atoms with Gasteiger partial charge in [-0.15, -0.1) is 0 Å². The fourth-order valence-electron chi connectivity index (χ4n) is 1.83. The summed E-state index contributed by atoms with van der Waals surface area (Å²) in [5.74, 6) is 0. The van der Waals surface area contributed by atoms with Gasteiger partial charge in [0, 0.05) is 11.6 Å². The number of hydrogen-bond donors (Lipinski definition) is 0. The molecule has 0 aliphatic carbocycles. The summed E-state index contributed by atoms with van der Waals surface area (Å²) in [4.78, 5) is 4.48. The Morgan fingerprint density at radius 2 is 1.79 bits per heavy atom. The fourth-order valence-corrected chi connectivity index (χ4v) is 3.33. The van der Waals surface area contributed by atoms with E-state index < -0.39 is 9.84 Å². The van der Waals surface area contributed by atoms with E-state index in [0.717, 1.165) is 5.56 Å². The molecule has 0 atom stereocenters. The van der Waals surface area contributed by atoms with Gasteiger partial charge in [-0.2, -0.15) is 0 Å². The van der Waals surface area contributed by atoms with E-state index in [1.54, 1.807) is 50.4 Å². The molecule has 0 saturated carbocycles. The molecule has 0 spiro atoms. The smallest absolute Gasteiger partial charge is 0.200 e. The lowest BCUT2D eigenvalue weighted by molar-refractivity contribution is 0.604. The molecule has 0 radical (unpaired) electrons. The maximum atomic E-state index is 12.3. The number of hydrogen-bond acceptors (Lipinski definition) is 3. The predicted octanol–water partition coefficient (Wildman–Crippen LogP) is 3.22. The summed E-state index contributed by atoms with van der Waals surface area (Å²) in [5.41, 5.74) is 2.04. The Morgan fingerprint density at radius 3 is 2.42 bits per heavy atom. The van der Waals surface area contributed by atoms with E-state index in [-0.39, 0.29) is 0 Å². The standard InChI is InChI=1S/C15H15NO2S/c1-12-7-3-4-9-15(12)19(17,18)11-13(2)14-8-5-6-10-16-14/h3-11H,1-2H3/b13-11+. The average molecular weight is 273 g/mol. The van der Waals surface area contributed by atoms with Crippen LogP contribution in [0, 0.1) is 6.92 Å². The molecule has 0 fully saturated rings. The summed E-state index contributed by atoms with van der Waals surface area (Å²) in [6.07, 6.45) is 1.65. The van der Waals surface area contributed by atoms with Crippen molar-refractivity contribution in [2.24, 2.45) is 0 Å². The van der Waals surface area contributed by atoms with Gasteiger partial charge in [-0.25, -0.2) is 8.42 Å². The van der Waals surface area contributed by atoms with Crippen LogP contribution in [0.5, 0.6) is 0 Å². The molecule has 0 aliphatic heterocycles. The highest BCUT2D eigenvalue weighted by Gasteiger charge is 2.14. The van der Waals surface area contributed by atoms with Gasteiger partial charge in [0.2, 0.25) is 0 Å². The largest absolute Gasteiger partial charge is 0.257 e. The van der Waals surface area contributed by atoms with Crippen LogP contribution in [0.2, 0.25) is 0 Å². The van der Waals surface area contributed by atoms with Gasteiger partial charge < -0.3 is 0 Å². The van der Waals surface area contributed by atoms with Gasteiger partial charge in [-0.3, -0.25) is 4.98 Å². The fraction of sp³-hybridized carbons (Fsp3) is 0.133. The van der Waals surface area contributed by atoms with Crippen molar-refractivity contribution >= 4 is 15.4 Å². The highest BCUT2D eigenvalue weighted by Crippen LogP contribution is 2.20. The average Bonchev–Trinajstić information content (AvgIpc) is 2.39. The van der Waals surface area contributed by atoms with Crippen LogP contribution in [0.15, 0.2) is 59.0 Å². The van der Waals surface area contributed by atoms with Crippen molar-refractivity contribution in [1.29, 1.82) is 0 Å². The minimum atomic E-state index is -3.44. The summed E-state index contributed by atoms with van der Waals surface area (Å²) in [6.45, 7) is 3.54. The molecule has 19 heavy (non-hydrogen) atoms. The summed E-state index contributed by atoms with van der Waals surface area (Å²) < 4.78 is 24.7. The number of benzene rings is 1. The Bertz CT molecular complexity index is 704. The predicted molar refractivity (Wildman–Crippen MR) is 76.3 cm³/mol. The lowest BCUT2D eigenvalue weighted by Gasteiger charge is -2.05. The van der Waals surface area contributed by atoms with Crippen LogP contribution in [0.4, 0.5) is 0 Å². The Hall–Kier alpha value is -1.94. The van der Waals surface area contributed by atoms with Crippen molar-refractivity contribution in [1.82, 2.24) is 4.98 Å². The quantitative estimate of drug-likeness (QED) is 0.862. The molecular formula is C15H15NO2S. The number of pyridine rings is 1. The van der Waals surface area contributed by atoms with E-state index in [2.05, 4.69) is 4.98 Å². The summed E-state index contributed by atoms with van der Waals surface area (Å²) >= 11 is 0. The normalized spacial score (nSPS) is 12.4. The number of rotatable bonds is 3. The molecule has 4 heteroatoms. The van der Waals surface area contributed by atoms with Gasteiger partial charge in [-0.1, -0.05) is 24.3 Å². The Labute approximate surface area is 113 Å². The number of aryl methyl sites for hydroxylation is 1. The van der Waals surface area contributed by atoms with Crippen molar-refractivity contribution in [3.63, 3.8) is 0 Å². The van der Waals surface area contributed by atoms with Crippen LogP contribution in [-0.4, -0.2) is 13.4 Å². The third-order valence-corrected chi connectivity index (χ3v) is 4.54. The van der Waals surface area contributed by atoms with E-state index in [1.807, 2.05) is 12.1 Å². The highest BCUT2D eigenvalue weighted by atomic mass is 32.2. The Kier molecular flexibility index (Phi) is 3.81. The molecular weight excluding hydrogens is 258 g/mol. The van der Waals surface area contributed by atoms with Crippen molar-refractivity contribution in [3.8, 4) is 0 Å². The molecule has 0 amide bonds. The third kappa shape index (κ3) is 3.09. The van der Waals surface area contributed by atoms with Gasteiger partial charge in [-0.05, 0) is 43.2 Å². The van der Waals surface area contributed by atoms with Gasteiger partial charge >= 0.3 is 0 Å². The van der Waals surface area contributed by atoms with Gasteiger partial charge in [0.15, 0.2) is 9.84 Å². The van der Waals surface area contributed by atoms with Crippen molar-refractivity contribution < 1.29 is 8.42 Å². The second-order valence-corrected chi connectivity index (χ2v) is 6.09. The van der Waals surface area contributed by atoms with Crippen LogP contribution in [-0.2, 0) is 9.84 Å². The minimum absolute atomic E-state index is 0.338. The number of nitrogens with zero attached hydrogens (tertiary/aromatic N) is 1. The third-order valence-electron chi connectivity index (χ3n) is 2.80. The molecule has 0 N–H and O–H groups in total. The molecule has 2 aromatic rings. The summed E-state index contributed by atoms with van der Waals surface area (Å²) in [6, 6.07) is 12.4. The maximum absolute atomic E-state index is 12.3. The maximum Gasteiger partial charge on any atom is 0.200 e. The zero-order chi connectivity index (χ0) is 13.9. The van der Waals surface area contributed by atoms with E-state index >= 15 is 0 Å². The van der Waals surface area contributed by atoms with Gasteiger partial charge in [0.25, 0.3) is 0 Å². The van der Waals surface area contributed by atoms with E-state index in [0.29, 0.717) is 16.2 Å². The van der Waals surface area contributed by atoms with Gasteiger partial charge in [0.05, 0.1) is 10.6 Å². The molecule has 0 aliphatic rings. The molecule has 3 nitrogen and oxygen atoms in total. The van der Waals surface area contributed by atoms with Crippen LogP contribution < -0.4 is 0 Å². The molecule has 1 heterocycles. The molecule has 0 saturated heterocycles. The number of allylic oxidation sites excluding steroid dienone is 1. The van der Waals surface area contributed by atoms with Crippen LogP contribution >= 0.6 is 0 Å². The van der Waals surface area contributed by atoms with Crippen molar-refractivity contribution in [2.45, 2.75) is 18.7 Å². The zero-order valence-corrected chi connectivity index (χ0v) is 11.7. The van der Waals surface area contributed by atoms with Gasteiger partial charge in [0.1, 0.15) is 0 Å². The van der Waals surface area contributed by atoms with Crippen molar-refractivity contribution in [2.75, 3.05) is 0 Å². The SMILES string of the molecule is C/C(=C\S(=O)(=O)c1ccccc1C)c1ccccn1. The molecule has 0 bridgehead atoms. The zero-order valence-electron chi connectivity index (χ0n) is 10.9. The van der Waals surface area contributed by atoms with E-state index in [9.17, 15) is 8.42 Å². The lowest BCUT2D eigenvalue weighted by Crippen LogP contribution is -2.00. The minimum Gasteiger partial charge on any atom is -0.257 e. The molecule has 0 unspecified atom stereocenters. The van der Waals surface area contributed by atoms with Crippen LogP contribution in [0.1, 0.15) is 18.2 Å². The Balaban J connectivity index is 2.45. The second-order valence-electron chi connectivity index (χ2n) is 4.33. The molecule has 98 valence electrons. The first-order chi connectivity index (χ1) is 9.00. The lowest BCUT2D eigenvalue weighted by atomic mass is 10.2. The summed E-state index contributed by atoms with van der Waals surface area (Å²) in [5, 5.41) is 1.28. The number of aromatic nitrogens is 1. The van der Waals surface area contributed by atoms with E-state index in [4.69, 9.17) is 0 Å². The van der Waals surface area contributed by atoms with E-state index in [1.165, 1.54) is 5.41 Å². The summed E-state index contributed by atoms with van der Waals surface area (Å²) in [7, 11) is -3.44. The number of sulfone groups is 1. The van der Waals surface area contributed by atoms with Crippen LogP contribution in [0.25, 0.3) is 5.57 Å². The molecule has 1 aromatic carbocycles. The first-order valence-electron chi connectivity index (χ1n) is 5.91. The Morgan fingerprint density at radius 1 is 1.11 bits per heavy atom.